The maximum Gasteiger partial charge on any atom is 0.126 e. The highest BCUT2D eigenvalue weighted by atomic mass is 16.5. The Morgan fingerprint density at radius 2 is 1.84 bits per heavy atom. The molecule has 2 rings (SSSR count). The Hall–Kier alpha value is -1.02. The normalized spacial score (nSPS) is 16.9. The zero-order valence-electron chi connectivity index (χ0n) is 12.8. The number of ether oxygens (including phenoxy) is 1. The molecule has 0 radical (unpaired) electrons. The number of hydrogen-bond donors (Lipinski definition) is 1. The van der Waals surface area contributed by atoms with Crippen LogP contribution in [0, 0.1) is 13.8 Å². The predicted octanol–water partition coefficient (Wildman–Crippen LogP) is 3.90. The van der Waals surface area contributed by atoms with Crippen LogP contribution in [0.5, 0.6) is 5.75 Å². The van der Waals surface area contributed by atoms with Crippen LogP contribution >= 0.6 is 0 Å². The molecule has 2 heteroatoms. The molecule has 1 saturated carbocycles. The van der Waals surface area contributed by atoms with Crippen molar-refractivity contribution in [3.63, 3.8) is 0 Å². The minimum atomic E-state index is -0.199. The van der Waals surface area contributed by atoms with Gasteiger partial charge in [0.1, 0.15) is 5.75 Å². The van der Waals surface area contributed by atoms with Crippen molar-refractivity contribution in [3.05, 3.63) is 28.8 Å². The molecule has 0 saturated heterocycles. The first-order chi connectivity index (χ1) is 8.87. The first kappa shape index (κ1) is 14.4. The summed E-state index contributed by atoms with van der Waals surface area (Å²) in [7, 11) is 0. The van der Waals surface area contributed by atoms with Crippen molar-refractivity contribution < 1.29 is 4.74 Å². The maximum atomic E-state index is 6.31. The molecule has 0 aliphatic heterocycles. The van der Waals surface area contributed by atoms with E-state index in [-0.39, 0.29) is 5.54 Å². The van der Waals surface area contributed by atoms with Crippen molar-refractivity contribution in [1.82, 2.24) is 0 Å². The minimum Gasteiger partial charge on any atom is -0.490 e. The molecule has 19 heavy (non-hydrogen) atoms. The number of rotatable bonds is 4. The topological polar surface area (TPSA) is 35.2 Å². The average Bonchev–Trinajstić information content (AvgIpc) is 2.80. The Balaban J connectivity index is 2.28. The Morgan fingerprint density at radius 3 is 2.42 bits per heavy atom. The molecule has 1 fully saturated rings. The average molecular weight is 261 g/mol. The van der Waals surface area contributed by atoms with Gasteiger partial charge in [-0.3, -0.25) is 0 Å². The molecule has 0 bridgehead atoms. The van der Waals surface area contributed by atoms with Crippen molar-refractivity contribution in [2.45, 2.75) is 71.4 Å². The molecular weight excluding hydrogens is 234 g/mol. The highest BCUT2D eigenvalue weighted by Crippen LogP contribution is 2.32. The fraction of sp³-hybridized carbons (Fsp3) is 0.647. The molecule has 0 unspecified atom stereocenters. The number of nitrogens with two attached hydrogens (primary N) is 1. The van der Waals surface area contributed by atoms with Crippen LogP contribution in [0.2, 0.25) is 0 Å². The van der Waals surface area contributed by atoms with Crippen LogP contribution in [0.1, 0.15) is 56.2 Å². The summed E-state index contributed by atoms with van der Waals surface area (Å²) in [5.74, 6) is 1.09. The van der Waals surface area contributed by atoms with Crippen molar-refractivity contribution in [3.8, 4) is 5.75 Å². The van der Waals surface area contributed by atoms with Gasteiger partial charge >= 0.3 is 0 Å². The monoisotopic (exact) mass is 261 g/mol. The van der Waals surface area contributed by atoms with E-state index in [2.05, 4.69) is 39.8 Å². The Kier molecular flexibility index (Phi) is 4.19. The largest absolute Gasteiger partial charge is 0.490 e. The Labute approximate surface area is 117 Å². The molecule has 2 N–H and O–H groups in total. The van der Waals surface area contributed by atoms with Gasteiger partial charge < -0.3 is 10.5 Å². The van der Waals surface area contributed by atoms with Crippen LogP contribution < -0.4 is 10.5 Å². The molecule has 2 nitrogen and oxygen atoms in total. The van der Waals surface area contributed by atoms with Crippen molar-refractivity contribution >= 4 is 0 Å². The summed E-state index contributed by atoms with van der Waals surface area (Å²) in [5, 5.41) is 0. The lowest BCUT2D eigenvalue weighted by molar-refractivity contribution is 0.205. The second kappa shape index (κ2) is 5.54. The van der Waals surface area contributed by atoms with Gasteiger partial charge in [0, 0.05) is 5.54 Å². The van der Waals surface area contributed by atoms with Gasteiger partial charge in [-0.1, -0.05) is 12.1 Å². The van der Waals surface area contributed by atoms with Gasteiger partial charge in [-0.25, -0.2) is 0 Å². The highest BCUT2D eigenvalue weighted by molar-refractivity contribution is 5.46. The van der Waals surface area contributed by atoms with Crippen LogP contribution in [-0.4, -0.2) is 11.6 Å². The van der Waals surface area contributed by atoms with E-state index in [9.17, 15) is 0 Å². The van der Waals surface area contributed by atoms with E-state index in [0.717, 1.165) is 12.2 Å². The van der Waals surface area contributed by atoms with Crippen LogP contribution in [0.3, 0.4) is 0 Å². The van der Waals surface area contributed by atoms with Crippen molar-refractivity contribution in [2.24, 2.45) is 5.73 Å². The molecule has 1 aromatic rings. The lowest BCUT2D eigenvalue weighted by Gasteiger charge is -2.24. The van der Waals surface area contributed by atoms with Gasteiger partial charge in [-0.15, -0.1) is 0 Å². The van der Waals surface area contributed by atoms with E-state index in [1.54, 1.807) is 0 Å². The standard InChI is InChI=1S/C17H27NO/c1-12-9-10-14(11-17(3,4)18)16(13(12)2)19-15-7-5-6-8-15/h9-10,15H,5-8,11,18H2,1-4H3. The van der Waals surface area contributed by atoms with Crippen LogP contribution in [0.15, 0.2) is 12.1 Å². The fourth-order valence-electron chi connectivity index (χ4n) is 2.81. The van der Waals surface area contributed by atoms with Gasteiger partial charge in [0.25, 0.3) is 0 Å². The summed E-state index contributed by atoms with van der Waals surface area (Å²) in [6, 6.07) is 4.36. The van der Waals surface area contributed by atoms with E-state index < -0.39 is 0 Å². The Morgan fingerprint density at radius 1 is 1.21 bits per heavy atom. The molecule has 0 atom stereocenters. The summed E-state index contributed by atoms with van der Waals surface area (Å²) in [6.07, 6.45) is 6.24. The summed E-state index contributed by atoms with van der Waals surface area (Å²) in [6.45, 7) is 8.45. The lowest BCUT2D eigenvalue weighted by atomic mass is 9.93. The third-order valence-electron chi connectivity index (χ3n) is 3.99. The van der Waals surface area contributed by atoms with Crippen LogP contribution in [0.4, 0.5) is 0 Å². The van der Waals surface area contributed by atoms with Gasteiger partial charge in [0.2, 0.25) is 0 Å². The molecule has 0 aromatic heterocycles. The van der Waals surface area contributed by atoms with E-state index >= 15 is 0 Å². The first-order valence-corrected chi connectivity index (χ1v) is 7.41. The predicted molar refractivity (Wildman–Crippen MR) is 80.8 cm³/mol. The van der Waals surface area contributed by atoms with E-state index in [4.69, 9.17) is 10.5 Å². The van der Waals surface area contributed by atoms with E-state index in [1.165, 1.54) is 42.4 Å². The summed E-state index contributed by atoms with van der Waals surface area (Å²) in [5.41, 5.74) is 9.80. The quantitative estimate of drug-likeness (QED) is 0.892. The van der Waals surface area contributed by atoms with Gasteiger partial charge in [0.05, 0.1) is 6.10 Å². The smallest absolute Gasteiger partial charge is 0.126 e. The number of benzene rings is 1. The van der Waals surface area contributed by atoms with Gasteiger partial charge in [0.15, 0.2) is 0 Å². The number of hydrogen-bond acceptors (Lipinski definition) is 2. The third kappa shape index (κ3) is 3.73. The molecule has 1 aromatic carbocycles. The summed E-state index contributed by atoms with van der Waals surface area (Å²) in [4.78, 5) is 0. The third-order valence-corrected chi connectivity index (χ3v) is 3.99. The van der Waals surface area contributed by atoms with Gasteiger partial charge in [-0.05, 0) is 76.5 Å². The molecule has 0 heterocycles. The molecule has 0 amide bonds. The molecular formula is C17H27NO. The maximum absolute atomic E-state index is 6.31. The molecule has 1 aliphatic rings. The zero-order valence-corrected chi connectivity index (χ0v) is 12.8. The SMILES string of the molecule is Cc1ccc(CC(C)(C)N)c(OC2CCCC2)c1C. The Bertz CT molecular complexity index is 439. The molecule has 0 spiro atoms. The van der Waals surface area contributed by atoms with Crippen LogP contribution in [0.25, 0.3) is 0 Å². The van der Waals surface area contributed by atoms with Gasteiger partial charge in [-0.2, -0.15) is 0 Å². The minimum absolute atomic E-state index is 0.199. The van der Waals surface area contributed by atoms with Crippen molar-refractivity contribution in [1.29, 1.82) is 0 Å². The van der Waals surface area contributed by atoms with E-state index in [1.807, 2.05) is 0 Å². The van der Waals surface area contributed by atoms with E-state index in [0.29, 0.717) is 6.10 Å². The lowest BCUT2D eigenvalue weighted by Crippen LogP contribution is -2.34. The molecule has 1 aliphatic carbocycles. The number of aryl methyl sites for hydroxylation is 1. The van der Waals surface area contributed by atoms with Crippen molar-refractivity contribution in [2.75, 3.05) is 0 Å². The second-order valence-corrected chi connectivity index (χ2v) is 6.69. The first-order valence-electron chi connectivity index (χ1n) is 7.41. The van der Waals surface area contributed by atoms with Crippen LogP contribution in [-0.2, 0) is 6.42 Å². The highest BCUT2D eigenvalue weighted by Gasteiger charge is 2.22. The zero-order chi connectivity index (χ0) is 14.0. The second-order valence-electron chi connectivity index (χ2n) is 6.69. The summed E-state index contributed by atoms with van der Waals surface area (Å²) >= 11 is 0. The summed E-state index contributed by atoms with van der Waals surface area (Å²) < 4.78 is 6.31. The molecule has 106 valence electrons. The fourth-order valence-corrected chi connectivity index (χ4v) is 2.81.